The van der Waals surface area contributed by atoms with Crippen molar-refractivity contribution in [2.24, 2.45) is 0 Å². The van der Waals surface area contributed by atoms with Crippen LogP contribution in [0.15, 0.2) is 96.6 Å². The topological polar surface area (TPSA) is 4.93 Å². The number of hydrogen-bond acceptors (Lipinski definition) is 0. The number of hydrogen-bond donors (Lipinski definition) is 0. The number of benzene rings is 3. The standard InChI is InChI=1S/C20H12F9.C17H19NSi.2ClH.Zr/c1-11-9-13-3-2-4-15(16(13)10-11)12-5-7-14(8-6-12)17(18(21,22)23,19(24,25)26)20(27,28)29;1-11-10-14-15(17-12(2)16(14)19(17,3)4)18(11)13-8-6-5-7-9-13;;;/h2-10H,1H3;5-10,16H,1-4H3;2*1H;/q-1;;;;+3/p-2. The molecule has 2 bridgehead atoms. The van der Waals surface area contributed by atoms with Crippen LogP contribution in [0.25, 0.3) is 32.8 Å². The second kappa shape index (κ2) is 14.3. The summed E-state index contributed by atoms with van der Waals surface area (Å²) in [6.45, 7) is 11.4. The van der Waals surface area contributed by atoms with Crippen molar-refractivity contribution in [3.8, 4) is 16.8 Å². The van der Waals surface area contributed by atoms with Crippen LogP contribution in [0.4, 0.5) is 39.5 Å². The van der Waals surface area contributed by atoms with Crippen molar-refractivity contribution >= 4 is 24.0 Å². The average Bonchev–Trinajstić information content (AvgIpc) is 3.65. The SMILES string of the molecule is CC1=C2c3c(cc(C)n3-c3ccccc3)C1[Si]2(C)C.Cc1cc2c(-c3ccc(C(C(F)(F)F)(C(F)(F)F)C(F)(F)F)cc3)cccc2[cH-]1.[Cl-].[Cl-].[Zr+3]. The minimum absolute atomic E-state index is 0. The van der Waals surface area contributed by atoms with Gasteiger partial charge in [0.2, 0.25) is 0 Å². The van der Waals surface area contributed by atoms with Gasteiger partial charge in [-0.05, 0) is 53.9 Å². The maximum atomic E-state index is 13.2. The van der Waals surface area contributed by atoms with Crippen LogP contribution in [0.5, 0.6) is 0 Å². The van der Waals surface area contributed by atoms with Gasteiger partial charge in [0, 0.05) is 22.6 Å². The van der Waals surface area contributed by atoms with E-state index in [1.165, 1.54) is 17.1 Å². The molecule has 51 heavy (non-hydrogen) atoms. The first-order valence-electron chi connectivity index (χ1n) is 15.2. The summed E-state index contributed by atoms with van der Waals surface area (Å²) in [5, 5.41) is 3.19. The molecule has 0 saturated carbocycles. The van der Waals surface area contributed by atoms with Gasteiger partial charge in [-0.3, -0.25) is 0 Å². The van der Waals surface area contributed by atoms with Crippen molar-refractivity contribution in [3.63, 3.8) is 0 Å². The van der Waals surface area contributed by atoms with E-state index >= 15 is 0 Å². The molecule has 3 heterocycles. The molecule has 1 atom stereocenters. The molecule has 3 aliphatic rings. The third-order valence-electron chi connectivity index (χ3n) is 9.77. The molecule has 4 aromatic carbocycles. The molecule has 269 valence electrons. The Bertz CT molecular complexity index is 2020. The van der Waals surface area contributed by atoms with Crippen molar-refractivity contribution in [1.82, 2.24) is 4.57 Å². The molecule has 0 spiro atoms. The maximum Gasteiger partial charge on any atom is 3.00 e. The molecule has 1 aliphatic carbocycles. The van der Waals surface area contributed by atoms with Crippen molar-refractivity contribution in [2.75, 3.05) is 0 Å². The molecule has 1 nitrogen and oxygen atoms in total. The minimum atomic E-state index is -6.63. The van der Waals surface area contributed by atoms with E-state index in [-0.39, 0.29) is 68.7 Å². The largest absolute Gasteiger partial charge is 3.00 e. The first kappa shape index (κ1) is 42.8. The smallest absolute Gasteiger partial charge is 1.00 e. The number of fused-ring (bicyclic) bond motifs is 1. The van der Waals surface area contributed by atoms with Crippen LogP contribution in [0.2, 0.25) is 13.1 Å². The van der Waals surface area contributed by atoms with Gasteiger partial charge in [0.1, 0.15) is 0 Å². The van der Waals surface area contributed by atoms with E-state index in [2.05, 4.69) is 67.9 Å². The van der Waals surface area contributed by atoms with Gasteiger partial charge in [-0.25, -0.2) is 0 Å². The fourth-order valence-corrected chi connectivity index (χ4v) is 12.2. The Kier molecular flexibility index (Phi) is 12.0. The van der Waals surface area contributed by atoms with Crippen molar-refractivity contribution in [1.29, 1.82) is 0 Å². The maximum absolute atomic E-state index is 13.2. The van der Waals surface area contributed by atoms with Gasteiger partial charge in [0.25, 0.3) is 5.41 Å². The van der Waals surface area contributed by atoms with Gasteiger partial charge in [-0.2, -0.15) is 45.6 Å². The van der Waals surface area contributed by atoms with Crippen molar-refractivity contribution in [2.45, 2.75) is 63.4 Å². The van der Waals surface area contributed by atoms with Crippen LogP contribution in [-0.4, -0.2) is 31.2 Å². The summed E-state index contributed by atoms with van der Waals surface area (Å²) < 4.78 is 122. The van der Waals surface area contributed by atoms with E-state index in [0.717, 1.165) is 28.6 Å². The predicted octanol–water partition coefficient (Wildman–Crippen LogP) is 5.92. The molecule has 2 aliphatic heterocycles. The fourth-order valence-electron chi connectivity index (χ4n) is 7.93. The van der Waals surface area contributed by atoms with Crippen LogP contribution in [-0.2, 0) is 31.6 Å². The number of halogens is 11. The second-order valence-corrected chi connectivity index (χ2v) is 17.7. The molecule has 0 amide bonds. The Morgan fingerprint density at radius 2 is 1.24 bits per heavy atom. The zero-order valence-corrected chi connectivity index (χ0v) is 32.8. The predicted molar refractivity (Wildman–Crippen MR) is 173 cm³/mol. The second-order valence-electron chi connectivity index (χ2n) is 13.1. The van der Waals surface area contributed by atoms with Gasteiger partial charge in [-0.15, -0.1) is 34.5 Å². The zero-order valence-electron chi connectivity index (χ0n) is 27.8. The summed E-state index contributed by atoms with van der Waals surface area (Å²) >= 11 is 0. The number of aromatic nitrogens is 1. The molecule has 14 heteroatoms. The summed E-state index contributed by atoms with van der Waals surface area (Å²) in [7, 11) is -1.19. The Balaban J connectivity index is 0.000000278. The zero-order chi connectivity index (χ0) is 35.2. The van der Waals surface area contributed by atoms with Gasteiger partial charge in [0.05, 0.1) is 8.07 Å². The summed E-state index contributed by atoms with van der Waals surface area (Å²) in [5.74, 6) is 0. The number of nitrogens with zero attached hydrogens (tertiary/aromatic N) is 1. The van der Waals surface area contributed by atoms with Crippen molar-refractivity contribution < 1.29 is 90.5 Å². The van der Waals surface area contributed by atoms with Gasteiger partial charge in [0.15, 0.2) is 0 Å². The Morgan fingerprint density at radius 3 is 1.75 bits per heavy atom. The van der Waals surface area contributed by atoms with Crippen LogP contribution < -0.4 is 24.8 Å². The minimum Gasteiger partial charge on any atom is -1.00 e. The molecule has 0 saturated heterocycles. The number of para-hydroxylation sites is 1. The Hall–Kier alpha value is -2.66. The number of rotatable bonds is 3. The van der Waals surface area contributed by atoms with Crippen LogP contribution >= 0.6 is 0 Å². The van der Waals surface area contributed by atoms with Crippen molar-refractivity contribution in [3.05, 3.63) is 125 Å². The molecular weight excluding hydrogens is 820 g/mol. The monoisotopic (exact) mass is 848 g/mol. The molecule has 0 N–H and O–H groups in total. The van der Waals surface area contributed by atoms with Crippen LogP contribution in [0.3, 0.4) is 0 Å². The van der Waals surface area contributed by atoms with E-state index < -0.39 is 37.6 Å². The number of alkyl halides is 9. The molecule has 5 aromatic rings. The Morgan fingerprint density at radius 1 is 0.686 bits per heavy atom. The summed E-state index contributed by atoms with van der Waals surface area (Å²) in [6.07, 6.45) is -19.9. The van der Waals surface area contributed by atoms with Gasteiger partial charge >= 0.3 is 44.7 Å². The van der Waals surface area contributed by atoms with E-state index in [1.54, 1.807) is 47.5 Å². The number of allylic oxidation sites excluding steroid dienone is 1. The van der Waals surface area contributed by atoms with E-state index in [9.17, 15) is 39.5 Å². The van der Waals surface area contributed by atoms with Gasteiger partial charge < -0.3 is 29.4 Å². The average molecular weight is 851 g/mol. The van der Waals surface area contributed by atoms with E-state index in [1.807, 2.05) is 6.07 Å². The first-order valence-corrected chi connectivity index (χ1v) is 18.3. The third-order valence-corrected chi connectivity index (χ3v) is 13.9. The Labute approximate surface area is 322 Å². The van der Waals surface area contributed by atoms with E-state index in [0.29, 0.717) is 10.9 Å². The third kappa shape index (κ3) is 6.50. The molecule has 8 rings (SSSR count). The number of aryl methyl sites for hydroxylation is 2. The summed E-state index contributed by atoms with van der Waals surface area (Å²) in [5.41, 5.74) is 1.89. The molecule has 0 fully saturated rings. The molecule has 1 unspecified atom stereocenters. The van der Waals surface area contributed by atoms with E-state index in [4.69, 9.17) is 0 Å². The summed E-state index contributed by atoms with van der Waals surface area (Å²) in [4.78, 5) is 0. The normalized spacial score (nSPS) is 16.2. The summed E-state index contributed by atoms with van der Waals surface area (Å²) in [6, 6.07) is 23.9. The van der Waals surface area contributed by atoms with Crippen LogP contribution in [0, 0.1) is 13.8 Å². The molecule has 1 aromatic heterocycles. The van der Waals surface area contributed by atoms with Gasteiger partial charge in [-0.1, -0.05) is 79.7 Å². The molecule has 1 radical (unpaired) electrons. The quantitative estimate of drug-likeness (QED) is 0.121. The first-order chi connectivity index (χ1) is 22.2. The van der Waals surface area contributed by atoms with Crippen LogP contribution in [0.1, 0.15) is 40.5 Å². The fraction of sp³-hybridized carbons (Fsp3) is 0.270. The molecular formula is C37H31Cl2F9NSiZr.